The first-order valence-corrected chi connectivity index (χ1v) is 8.10. The molecule has 0 radical (unpaired) electrons. The Morgan fingerprint density at radius 3 is 2.32 bits per heavy atom. The van der Waals surface area contributed by atoms with Crippen molar-refractivity contribution in [3.63, 3.8) is 0 Å². The number of nitrogens with zero attached hydrogens (tertiary/aromatic N) is 2. The number of amides is 2. The quantitative estimate of drug-likeness (QED) is 0.579. The van der Waals surface area contributed by atoms with Gasteiger partial charge in [-0.1, -0.05) is 13.0 Å². The van der Waals surface area contributed by atoms with E-state index in [1.54, 1.807) is 17.9 Å². The Kier molecular flexibility index (Phi) is 7.05. The van der Waals surface area contributed by atoms with Gasteiger partial charge in [0, 0.05) is 17.7 Å². The van der Waals surface area contributed by atoms with Crippen molar-refractivity contribution in [2.24, 2.45) is 0 Å². The molecule has 0 heterocycles. The largest absolute Gasteiger partial charge is 0.350 e. The number of hydrogen-bond acceptors (Lipinski definition) is 5. The topological polar surface area (TPSA) is 105 Å². The maximum Gasteiger partial charge on any atom is 0.271 e. The van der Waals surface area contributed by atoms with Crippen molar-refractivity contribution < 1.29 is 14.5 Å². The molecule has 1 aromatic carbocycles. The first-order valence-electron chi connectivity index (χ1n) is 8.10. The Morgan fingerprint density at radius 2 is 1.80 bits per heavy atom. The Balaban J connectivity index is 2.69. The molecule has 138 valence electrons. The van der Waals surface area contributed by atoms with Crippen molar-refractivity contribution in [3.8, 4) is 0 Å². The third-order valence-electron chi connectivity index (χ3n) is 3.40. The minimum absolute atomic E-state index is 0.0240. The van der Waals surface area contributed by atoms with Crippen molar-refractivity contribution in [1.82, 2.24) is 10.2 Å². The van der Waals surface area contributed by atoms with E-state index in [0.29, 0.717) is 12.2 Å². The smallest absolute Gasteiger partial charge is 0.271 e. The van der Waals surface area contributed by atoms with E-state index in [4.69, 9.17) is 0 Å². The summed E-state index contributed by atoms with van der Waals surface area (Å²) in [7, 11) is 0. The van der Waals surface area contributed by atoms with Crippen LogP contribution in [0.2, 0.25) is 0 Å². The number of nitro benzene ring substituents is 1. The minimum atomic E-state index is -0.510. The fraction of sp³-hybridized carbons (Fsp3) is 0.529. The lowest BCUT2D eigenvalue weighted by atomic mass is 10.1. The highest BCUT2D eigenvalue weighted by atomic mass is 16.6. The molecule has 2 amide bonds. The lowest BCUT2D eigenvalue weighted by Gasteiger charge is -2.24. The maximum atomic E-state index is 12.2. The molecule has 0 aliphatic heterocycles. The summed E-state index contributed by atoms with van der Waals surface area (Å²) >= 11 is 0. The van der Waals surface area contributed by atoms with E-state index in [9.17, 15) is 19.7 Å². The number of rotatable bonds is 7. The molecule has 1 aromatic rings. The van der Waals surface area contributed by atoms with Crippen LogP contribution < -0.4 is 10.6 Å². The number of anilines is 1. The van der Waals surface area contributed by atoms with Gasteiger partial charge < -0.3 is 10.6 Å². The van der Waals surface area contributed by atoms with E-state index in [0.717, 1.165) is 5.56 Å². The molecule has 8 nitrogen and oxygen atoms in total. The second kappa shape index (κ2) is 8.57. The van der Waals surface area contributed by atoms with Gasteiger partial charge in [0.1, 0.15) is 0 Å². The highest BCUT2D eigenvalue weighted by Gasteiger charge is 2.18. The maximum absolute atomic E-state index is 12.2. The zero-order chi connectivity index (χ0) is 19.2. The van der Waals surface area contributed by atoms with E-state index >= 15 is 0 Å². The van der Waals surface area contributed by atoms with E-state index in [2.05, 4.69) is 10.6 Å². The summed E-state index contributed by atoms with van der Waals surface area (Å²) in [5, 5.41) is 16.4. The molecular weight excluding hydrogens is 324 g/mol. The fourth-order valence-corrected chi connectivity index (χ4v) is 2.19. The van der Waals surface area contributed by atoms with Crippen molar-refractivity contribution in [3.05, 3.63) is 33.9 Å². The number of aryl methyl sites for hydroxylation is 1. The van der Waals surface area contributed by atoms with Gasteiger partial charge in [-0.2, -0.15) is 0 Å². The monoisotopic (exact) mass is 350 g/mol. The molecule has 2 N–H and O–H groups in total. The molecule has 0 unspecified atom stereocenters. The second-order valence-corrected chi connectivity index (χ2v) is 6.91. The van der Waals surface area contributed by atoms with Gasteiger partial charge in [-0.25, -0.2) is 0 Å². The summed E-state index contributed by atoms with van der Waals surface area (Å²) < 4.78 is 0. The van der Waals surface area contributed by atoms with Gasteiger partial charge in [0.05, 0.1) is 23.7 Å². The summed E-state index contributed by atoms with van der Waals surface area (Å²) in [4.78, 5) is 36.2. The minimum Gasteiger partial charge on any atom is -0.350 e. The summed E-state index contributed by atoms with van der Waals surface area (Å²) in [5.74, 6) is -0.484. The highest BCUT2D eigenvalue weighted by Crippen LogP contribution is 2.21. The van der Waals surface area contributed by atoms with Gasteiger partial charge in [0.25, 0.3) is 5.69 Å². The molecule has 0 aliphatic carbocycles. The molecule has 1 rings (SSSR count). The predicted octanol–water partition coefficient (Wildman–Crippen LogP) is 2.08. The zero-order valence-electron chi connectivity index (χ0n) is 15.4. The lowest BCUT2D eigenvalue weighted by Crippen LogP contribution is -2.47. The van der Waals surface area contributed by atoms with Gasteiger partial charge in [-0.3, -0.25) is 24.6 Å². The van der Waals surface area contributed by atoms with E-state index < -0.39 is 4.92 Å². The van der Waals surface area contributed by atoms with Gasteiger partial charge in [0.15, 0.2) is 0 Å². The van der Waals surface area contributed by atoms with E-state index in [-0.39, 0.29) is 36.1 Å². The Hall–Kier alpha value is -2.48. The normalized spacial score (nSPS) is 11.3. The molecule has 0 fully saturated rings. The van der Waals surface area contributed by atoms with Crippen LogP contribution in [-0.2, 0) is 9.59 Å². The average molecular weight is 350 g/mol. The second-order valence-electron chi connectivity index (χ2n) is 6.91. The van der Waals surface area contributed by atoms with Crippen LogP contribution in [0.5, 0.6) is 0 Å². The van der Waals surface area contributed by atoms with Crippen LogP contribution in [0, 0.1) is 17.0 Å². The standard InChI is InChI=1S/C17H26N4O4/c1-6-20(11-16(23)19-17(3,4)5)10-15(22)18-14-9-13(21(24)25)8-7-12(14)2/h7-9H,6,10-11H2,1-5H3,(H,18,22)(H,19,23). The fourth-order valence-electron chi connectivity index (χ4n) is 2.19. The molecule has 0 spiro atoms. The van der Waals surface area contributed by atoms with Crippen molar-refractivity contribution in [2.75, 3.05) is 25.0 Å². The van der Waals surface area contributed by atoms with Crippen LogP contribution in [0.15, 0.2) is 18.2 Å². The highest BCUT2D eigenvalue weighted by molar-refractivity contribution is 5.93. The zero-order valence-corrected chi connectivity index (χ0v) is 15.4. The number of benzene rings is 1. The van der Waals surface area contributed by atoms with Crippen LogP contribution >= 0.6 is 0 Å². The first kappa shape index (κ1) is 20.6. The Morgan fingerprint density at radius 1 is 1.20 bits per heavy atom. The molecule has 0 aliphatic rings. The number of carbonyl (C=O) groups is 2. The van der Waals surface area contributed by atoms with Crippen molar-refractivity contribution in [1.29, 1.82) is 0 Å². The van der Waals surface area contributed by atoms with Gasteiger partial charge in [-0.05, 0) is 39.8 Å². The Bertz CT molecular complexity index is 653. The number of carbonyl (C=O) groups excluding carboxylic acids is 2. The SMILES string of the molecule is CCN(CC(=O)Nc1cc([N+](=O)[O-])ccc1C)CC(=O)NC(C)(C)C. The van der Waals surface area contributed by atoms with Gasteiger partial charge >= 0.3 is 0 Å². The van der Waals surface area contributed by atoms with Crippen LogP contribution in [0.3, 0.4) is 0 Å². The predicted molar refractivity (Wildman–Crippen MR) is 96.5 cm³/mol. The number of likely N-dealkylation sites (N-methyl/N-ethyl adjacent to an activating group) is 1. The van der Waals surface area contributed by atoms with Crippen molar-refractivity contribution >= 4 is 23.2 Å². The summed E-state index contributed by atoms with van der Waals surface area (Å²) in [5.41, 5.74) is 0.707. The van der Waals surface area contributed by atoms with Crippen LogP contribution in [-0.4, -0.2) is 46.8 Å². The average Bonchev–Trinajstić information content (AvgIpc) is 2.46. The number of nitro groups is 1. The summed E-state index contributed by atoms with van der Waals surface area (Å²) in [6.07, 6.45) is 0. The number of non-ortho nitro benzene ring substituents is 1. The van der Waals surface area contributed by atoms with Gasteiger partial charge in [0.2, 0.25) is 11.8 Å². The molecule has 25 heavy (non-hydrogen) atoms. The third-order valence-corrected chi connectivity index (χ3v) is 3.40. The number of hydrogen-bond donors (Lipinski definition) is 2. The lowest BCUT2D eigenvalue weighted by molar-refractivity contribution is -0.384. The van der Waals surface area contributed by atoms with E-state index in [1.807, 2.05) is 27.7 Å². The van der Waals surface area contributed by atoms with Crippen LogP contribution in [0.25, 0.3) is 0 Å². The molecule has 0 atom stereocenters. The third kappa shape index (κ3) is 7.30. The van der Waals surface area contributed by atoms with Crippen LogP contribution in [0.1, 0.15) is 33.3 Å². The number of nitrogens with one attached hydrogen (secondary N) is 2. The molecule has 0 saturated heterocycles. The molecule has 0 saturated carbocycles. The molecule has 8 heteroatoms. The Labute approximate surface area is 147 Å². The van der Waals surface area contributed by atoms with E-state index in [1.165, 1.54) is 12.1 Å². The molecular formula is C17H26N4O4. The summed E-state index contributed by atoms with van der Waals surface area (Å²) in [6.45, 7) is 9.94. The molecule has 0 bridgehead atoms. The summed E-state index contributed by atoms with van der Waals surface area (Å²) in [6, 6.07) is 4.30. The van der Waals surface area contributed by atoms with Crippen LogP contribution in [0.4, 0.5) is 11.4 Å². The first-order chi connectivity index (χ1) is 11.5. The molecule has 0 aromatic heterocycles. The van der Waals surface area contributed by atoms with Gasteiger partial charge in [-0.15, -0.1) is 0 Å². The van der Waals surface area contributed by atoms with Crippen molar-refractivity contribution in [2.45, 2.75) is 40.2 Å².